The van der Waals surface area contributed by atoms with Crippen molar-refractivity contribution >= 4 is 5.91 Å². The van der Waals surface area contributed by atoms with E-state index < -0.39 is 0 Å². The van der Waals surface area contributed by atoms with E-state index in [1.165, 1.54) is 0 Å². The molecule has 76 valence electrons. The van der Waals surface area contributed by atoms with E-state index in [1.807, 2.05) is 13.8 Å². The molecule has 0 spiro atoms. The van der Waals surface area contributed by atoms with Crippen molar-refractivity contribution in [2.24, 2.45) is 5.92 Å². The number of carbonyl (C=O) groups is 1. The zero-order valence-electron chi connectivity index (χ0n) is 8.47. The molecule has 0 heterocycles. The second-order valence-electron chi connectivity index (χ2n) is 4.44. The first-order chi connectivity index (χ1) is 6.08. The Morgan fingerprint density at radius 2 is 2.15 bits per heavy atom. The van der Waals surface area contributed by atoms with Gasteiger partial charge in [-0.15, -0.1) is 0 Å². The molecule has 1 aliphatic rings. The standard InChI is InChI=1S/C10H19NO2/c1-8(2)6-9(13)11-10(7-12)4-3-5-10/h8,12H,3-7H2,1-2H3,(H,11,13). The number of aliphatic hydroxyl groups excluding tert-OH is 1. The molecule has 0 saturated heterocycles. The van der Waals surface area contributed by atoms with Crippen LogP contribution in [-0.2, 0) is 4.79 Å². The van der Waals surface area contributed by atoms with Gasteiger partial charge in [-0.1, -0.05) is 13.8 Å². The average Bonchev–Trinajstić information content (AvgIpc) is 1.95. The smallest absolute Gasteiger partial charge is 0.220 e. The Balaban J connectivity index is 2.34. The molecule has 0 radical (unpaired) electrons. The zero-order valence-corrected chi connectivity index (χ0v) is 8.47. The van der Waals surface area contributed by atoms with Gasteiger partial charge in [0.1, 0.15) is 0 Å². The second-order valence-corrected chi connectivity index (χ2v) is 4.44. The molecule has 1 fully saturated rings. The molecule has 0 unspecified atom stereocenters. The Morgan fingerprint density at radius 1 is 1.54 bits per heavy atom. The Morgan fingerprint density at radius 3 is 2.46 bits per heavy atom. The lowest BCUT2D eigenvalue weighted by molar-refractivity contribution is -0.125. The van der Waals surface area contributed by atoms with Gasteiger partial charge in [0.05, 0.1) is 12.1 Å². The quantitative estimate of drug-likeness (QED) is 0.688. The molecular formula is C10H19NO2. The van der Waals surface area contributed by atoms with Crippen molar-refractivity contribution in [2.45, 2.75) is 45.1 Å². The largest absolute Gasteiger partial charge is 0.394 e. The highest BCUT2D eigenvalue weighted by atomic mass is 16.3. The molecule has 0 aliphatic heterocycles. The van der Waals surface area contributed by atoms with Crippen LogP contribution < -0.4 is 5.32 Å². The van der Waals surface area contributed by atoms with Gasteiger partial charge in [-0.05, 0) is 25.2 Å². The highest BCUT2D eigenvalue weighted by Gasteiger charge is 2.37. The first-order valence-corrected chi connectivity index (χ1v) is 5.00. The lowest BCUT2D eigenvalue weighted by Crippen LogP contribution is -2.56. The maximum atomic E-state index is 11.4. The maximum Gasteiger partial charge on any atom is 0.220 e. The molecule has 0 bridgehead atoms. The minimum atomic E-state index is -0.272. The van der Waals surface area contributed by atoms with E-state index in [9.17, 15) is 4.79 Å². The van der Waals surface area contributed by atoms with E-state index in [0.717, 1.165) is 19.3 Å². The number of nitrogens with one attached hydrogen (secondary N) is 1. The maximum absolute atomic E-state index is 11.4. The summed E-state index contributed by atoms with van der Waals surface area (Å²) in [6.07, 6.45) is 3.52. The fourth-order valence-electron chi connectivity index (χ4n) is 1.64. The summed E-state index contributed by atoms with van der Waals surface area (Å²) >= 11 is 0. The van der Waals surface area contributed by atoms with Crippen LogP contribution in [0, 0.1) is 5.92 Å². The van der Waals surface area contributed by atoms with Crippen molar-refractivity contribution in [2.75, 3.05) is 6.61 Å². The number of hydrogen-bond acceptors (Lipinski definition) is 2. The van der Waals surface area contributed by atoms with Crippen molar-refractivity contribution in [3.8, 4) is 0 Å². The van der Waals surface area contributed by atoms with Gasteiger partial charge in [0, 0.05) is 6.42 Å². The second kappa shape index (κ2) is 4.09. The van der Waals surface area contributed by atoms with Crippen LogP contribution in [0.2, 0.25) is 0 Å². The van der Waals surface area contributed by atoms with Gasteiger partial charge in [0.2, 0.25) is 5.91 Å². The van der Waals surface area contributed by atoms with Crippen LogP contribution in [0.15, 0.2) is 0 Å². The fraction of sp³-hybridized carbons (Fsp3) is 0.900. The van der Waals surface area contributed by atoms with E-state index in [1.54, 1.807) is 0 Å². The molecule has 0 aromatic heterocycles. The summed E-state index contributed by atoms with van der Waals surface area (Å²) in [7, 11) is 0. The minimum Gasteiger partial charge on any atom is -0.394 e. The predicted octanol–water partition coefficient (Wildman–Crippen LogP) is 1.06. The first-order valence-electron chi connectivity index (χ1n) is 5.00. The Labute approximate surface area is 79.5 Å². The zero-order chi connectivity index (χ0) is 9.90. The molecule has 2 N–H and O–H groups in total. The third-order valence-electron chi connectivity index (χ3n) is 2.61. The highest BCUT2D eigenvalue weighted by Crippen LogP contribution is 2.31. The van der Waals surface area contributed by atoms with Crippen molar-refractivity contribution in [1.82, 2.24) is 5.32 Å². The van der Waals surface area contributed by atoms with Gasteiger partial charge < -0.3 is 10.4 Å². The number of hydrogen-bond donors (Lipinski definition) is 2. The highest BCUT2D eigenvalue weighted by molar-refractivity contribution is 5.77. The molecule has 0 aromatic rings. The van der Waals surface area contributed by atoms with E-state index in [2.05, 4.69) is 5.32 Å². The monoisotopic (exact) mass is 185 g/mol. The molecule has 1 saturated carbocycles. The average molecular weight is 185 g/mol. The van der Waals surface area contributed by atoms with Crippen LogP contribution in [0.3, 0.4) is 0 Å². The lowest BCUT2D eigenvalue weighted by atomic mass is 9.77. The predicted molar refractivity (Wildman–Crippen MR) is 51.3 cm³/mol. The first kappa shape index (κ1) is 10.5. The minimum absolute atomic E-state index is 0.0729. The Bertz CT molecular complexity index is 180. The van der Waals surface area contributed by atoms with Crippen LogP contribution in [0.4, 0.5) is 0 Å². The molecule has 3 nitrogen and oxygen atoms in total. The van der Waals surface area contributed by atoms with E-state index >= 15 is 0 Å². The SMILES string of the molecule is CC(C)CC(=O)NC1(CO)CCC1. The van der Waals surface area contributed by atoms with Gasteiger partial charge >= 0.3 is 0 Å². The number of amides is 1. The normalized spacial score (nSPS) is 19.7. The third kappa shape index (κ3) is 2.69. The van der Waals surface area contributed by atoms with Crippen molar-refractivity contribution in [3.63, 3.8) is 0 Å². The van der Waals surface area contributed by atoms with Gasteiger partial charge in [-0.2, -0.15) is 0 Å². The van der Waals surface area contributed by atoms with Crippen molar-refractivity contribution < 1.29 is 9.90 Å². The van der Waals surface area contributed by atoms with Crippen LogP contribution >= 0.6 is 0 Å². The van der Waals surface area contributed by atoms with Crippen LogP contribution in [0.1, 0.15) is 39.5 Å². The molecule has 13 heavy (non-hydrogen) atoms. The van der Waals surface area contributed by atoms with Crippen LogP contribution in [0.25, 0.3) is 0 Å². The third-order valence-corrected chi connectivity index (χ3v) is 2.61. The summed E-state index contributed by atoms with van der Waals surface area (Å²) in [6.45, 7) is 4.12. The van der Waals surface area contributed by atoms with E-state index in [0.29, 0.717) is 12.3 Å². The van der Waals surface area contributed by atoms with Crippen LogP contribution in [0.5, 0.6) is 0 Å². The van der Waals surface area contributed by atoms with Crippen LogP contribution in [-0.4, -0.2) is 23.2 Å². The molecule has 3 heteroatoms. The Hall–Kier alpha value is -0.570. The summed E-state index contributed by atoms with van der Waals surface area (Å²) in [5, 5.41) is 12.0. The van der Waals surface area contributed by atoms with Crippen molar-refractivity contribution in [1.29, 1.82) is 0 Å². The molecule has 0 aromatic carbocycles. The molecule has 0 atom stereocenters. The molecule has 1 amide bonds. The molecule has 1 rings (SSSR count). The van der Waals surface area contributed by atoms with Gasteiger partial charge in [-0.25, -0.2) is 0 Å². The van der Waals surface area contributed by atoms with Gasteiger partial charge in [0.25, 0.3) is 0 Å². The number of rotatable bonds is 4. The van der Waals surface area contributed by atoms with Gasteiger partial charge in [0.15, 0.2) is 0 Å². The van der Waals surface area contributed by atoms with Gasteiger partial charge in [-0.3, -0.25) is 4.79 Å². The lowest BCUT2D eigenvalue weighted by Gasteiger charge is -2.41. The Kier molecular flexibility index (Phi) is 3.31. The summed E-state index contributed by atoms with van der Waals surface area (Å²) in [4.78, 5) is 11.4. The van der Waals surface area contributed by atoms with E-state index in [4.69, 9.17) is 5.11 Å². The number of carbonyl (C=O) groups excluding carboxylic acids is 1. The number of aliphatic hydroxyl groups is 1. The summed E-state index contributed by atoms with van der Waals surface area (Å²) < 4.78 is 0. The topological polar surface area (TPSA) is 49.3 Å². The molecular weight excluding hydrogens is 166 g/mol. The fourth-order valence-corrected chi connectivity index (χ4v) is 1.64. The summed E-state index contributed by atoms with van der Waals surface area (Å²) in [5.41, 5.74) is -0.272. The molecule has 1 aliphatic carbocycles. The van der Waals surface area contributed by atoms with Crippen molar-refractivity contribution in [3.05, 3.63) is 0 Å². The summed E-state index contributed by atoms with van der Waals surface area (Å²) in [5.74, 6) is 0.458. The summed E-state index contributed by atoms with van der Waals surface area (Å²) in [6, 6.07) is 0. The van der Waals surface area contributed by atoms with E-state index in [-0.39, 0.29) is 18.1 Å².